The molecule has 0 aromatic heterocycles. The van der Waals surface area contributed by atoms with Gasteiger partial charge in [0.05, 0.1) is 24.0 Å². The zero-order valence-corrected chi connectivity index (χ0v) is 19.8. The summed E-state index contributed by atoms with van der Waals surface area (Å²) in [7, 11) is 3.49. The predicted molar refractivity (Wildman–Crippen MR) is 127 cm³/mol. The molecule has 0 aliphatic heterocycles. The Balaban J connectivity index is 1.90. The summed E-state index contributed by atoms with van der Waals surface area (Å²) in [6, 6.07) is 1.61. The van der Waals surface area contributed by atoms with Gasteiger partial charge in [0.2, 0.25) is 5.78 Å². The number of amides is 1. The molecule has 36 heavy (non-hydrogen) atoms. The summed E-state index contributed by atoms with van der Waals surface area (Å²) < 4.78 is 0. The van der Waals surface area contributed by atoms with Crippen LogP contribution in [0, 0.1) is 11.8 Å². The fraction of sp³-hybridized carbons (Fsp3) is 0.458. The van der Waals surface area contributed by atoms with E-state index in [1.807, 2.05) is 0 Å². The SMILES string of the molecule is CN(C)c1cc(NCC(O)CO)c(O)c2c1CC1CC3CC(=O)C(C(N)=O)=C(O)C3(O)C(=O)C1=C2O. The molecule has 194 valence electrons. The first-order valence-electron chi connectivity index (χ1n) is 11.4. The van der Waals surface area contributed by atoms with Crippen LogP contribution >= 0.6 is 0 Å². The zero-order chi connectivity index (χ0) is 26.7. The molecule has 12 heteroatoms. The van der Waals surface area contributed by atoms with E-state index in [0.717, 1.165) is 0 Å². The summed E-state index contributed by atoms with van der Waals surface area (Å²) in [5.74, 6) is -6.95. The molecule has 1 saturated carbocycles. The van der Waals surface area contributed by atoms with Crippen LogP contribution in [0.2, 0.25) is 0 Å². The third kappa shape index (κ3) is 3.60. The number of phenols is 1. The van der Waals surface area contributed by atoms with Crippen LogP contribution in [0.1, 0.15) is 24.0 Å². The number of aromatic hydroxyl groups is 1. The van der Waals surface area contributed by atoms with E-state index in [2.05, 4.69) is 5.32 Å². The molecule has 1 aromatic rings. The normalized spacial score (nSPS) is 26.2. The molecule has 4 unspecified atom stereocenters. The second-order valence-electron chi connectivity index (χ2n) is 9.66. The lowest BCUT2D eigenvalue weighted by molar-refractivity contribution is -0.147. The van der Waals surface area contributed by atoms with E-state index in [1.165, 1.54) is 0 Å². The molecule has 0 spiro atoms. The Morgan fingerprint density at radius 2 is 1.92 bits per heavy atom. The highest BCUT2D eigenvalue weighted by molar-refractivity contribution is 6.22. The Hall–Kier alpha value is -3.61. The van der Waals surface area contributed by atoms with E-state index < -0.39 is 70.5 Å². The van der Waals surface area contributed by atoms with Crippen LogP contribution < -0.4 is 16.0 Å². The van der Waals surface area contributed by atoms with Gasteiger partial charge < -0.3 is 46.6 Å². The Morgan fingerprint density at radius 1 is 1.25 bits per heavy atom. The van der Waals surface area contributed by atoms with E-state index in [-0.39, 0.29) is 42.6 Å². The quantitative estimate of drug-likeness (QED) is 0.179. The number of aliphatic hydroxyl groups is 5. The lowest BCUT2D eigenvalue weighted by Crippen LogP contribution is -2.58. The maximum Gasteiger partial charge on any atom is 0.255 e. The number of nitrogens with zero attached hydrogens (tertiary/aromatic N) is 1. The maximum atomic E-state index is 13.6. The summed E-state index contributed by atoms with van der Waals surface area (Å²) in [6.07, 6.45) is -1.29. The number of nitrogens with two attached hydrogens (primary N) is 1. The summed E-state index contributed by atoms with van der Waals surface area (Å²) in [6.45, 7) is -0.629. The molecule has 1 aromatic carbocycles. The van der Waals surface area contributed by atoms with Crippen molar-refractivity contribution in [2.75, 3.05) is 37.5 Å². The van der Waals surface area contributed by atoms with Gasteiger partial charge in [-0.05, 0) is 30.4 Å². The Labute approximate surface area is 206 Å². The maximum absolute atomic E-state index is 13.6. The lowest BCUT2D eigenvalue weighted by atomic mass is 9.59. The number of anilines is 2. The molecule has 4 rings (SSSR count). The van der Waals surface area contributed by atoms with Crippen LogP contribution in [0.5, 0.6) is 5.75 Å². The van der Waals surface area contributed by atoms with Gasteiger partial charge in [0, 0.05) is 44.2 Å². The van der Waals surface area contributed by atoms with E-state index in [4.69, 9.17) is 10.8 Å². The predicted octanol–water partition coefficient (Wildman–Crippen LogP) is -0.745. The van der Waals surface area contributed by atoms with Crippen molar-refractivity contribution >= 4 is 34.6 Å². The topological polar surface area (TPSA) is 214 Å². The minimum atomic E-state index is -2.63. The van der Waals surface area contributed by atoms with Crippen molar-refractivity contribution in [1.82, 2.24) is 0 Å². The summed E-state index contributed by atoms with van der Waals surface area (Å²) in [5, 5.41) is 65.8. The minimum absolute atomic E-state index is 0.0409. The fourth-order valence-corrected chi connectivity index (χ4v) is 5.50. The molecule has 0 saturated heterocycles. The van der Waals surface area contributed by atoms with Crippen LogP contribution in [0.3, 0.4) is 0 Å². The van der Waals surface area contributed by atoms with Crippen molar-refractivity contribution in [3.8, 4) is 5.75 Å². The number of hydrogen-bond acceptors (Lipinski definition) is 11. The van der Waals surface area contributed by atoms with E-state index in [9.17, 15) is 39.9 Å². The molecule has 12 nitrogen and oxygen atoms in total. The Morgan fingerprint density at radius 3 is 2.50 bits per heavy atom. The van der Waals surface area contributed by atoms with Gasteiger partial charge in [-0.25, -0.2) is 0 Å². The molecule has 1 amide bonds. The van der Waals surface area contributed by atoms with Gasteiger partial charge in [-0.2, -0.15) is 0 Å². The number of carbonyl (C=O) groups is 3. The summed E-state index contributed by atoms with van der Waals surface area (Å²) in [5.41, 5.74) is 2.67. The number of benzene rings is 1. The molecular weight excluding hydrogens is 474 g/mol. The highest BCUT2D eigenvalue weighted by Crippen LogP contribution is 2.54. The van der Waals surface area contributed by atoms with Crippen molar-refractivity contribution in [1.29, 1.82) is 0 Å². The van der Waals surface area contributed by atoms with Crippen molar-refractivity contribution in [3.05, 3.63) is 34.1 Å². The zero-order valence-electron chi connectivity index (χ0n) is 19.8. The number of hydrogen-bond donors (Lipinski definition) is 8. The van der Waals surface area contributed by atoms with Gasteiger partial charge >= 0.3 is 0 Å². The van der Waals surface area contributed by atoms with Crippen LogP contribution in [-0.2, 0) is 20.8 Å². The standard InChI is InChI=1S/C24H29N3O9/c1-27(2)14-6-13(26-7-11(29)8-28)19(31)17-12(14)4-9-3-10-5-15(30)18(23(25)35)22(34)24(10,36)21(33)16(9)20(17)32/h6,9-11,26,28-29,31-32,34,36H,3-5,7-8H2,1-2H3,(H2,25,35). The Kier molecular flexibility index (Phi) is 6.23. The minimum Gasteiger partial charge on any atom is -0.508 e. The number of phenolic OH excluding ortho intramolecular Hbond substituents is 1. The molecule has 0 bridgehead atoms. The van der Waals surface area contributed by atoms with E-state index in [0.29, 0.717) is 11.3 Å². The molecule has 1 fully saturated rings. The van der Waals surface area contributed by atoms with Crippen LogP contribution in [0.15, 0.2) is 23.0 Å². The van der Waals surface area contributed by atoms with E-state index >= 15 is 0 Å². The van der Waals surface area contributed by atoms with Gasteiger partial charge in [0.15, 0.2) is 11.4 Å². The molecule has 4 atom stereocenters. The lowest BCUT2D eigenvalue weighted by Gasteiger charge is -2.46. The third-order valence-electron chi connectivity index (χ3n) is 7.26. The second kappa shape index (κ2) is 8.80. The average Bonchev–Trinajstić information content (AvgIpc) is 2.80. The third-order valence-corrected chi connectivity index (χ3v) is 7.26. The molecule has 0 heterocycles. The average molecular weight is 504 g/mol. The number of Topliss-reactive ketones (excluding diaryl/α,β-unsaturated/α-hetero) is 2. The number of carbonyl (C=O) groups excluding carboxylic acids is 3. The van der Waals surface area contributed by atoms with Crippen LogP contribution in [0.25, 0.3) is 5.76 Å². The molecule has 3 aliphatic rings. The number of aliphatic hydroxyl groups excluding tert-OH is 4. The smallest absolute Gasteiger partial charge is 0.255 e. The summed E-state index contributed by atoms with van der Waals surface area (Å²) >= 11 is 0. The molecular formula is C24H29N3O9. The van der Waals surface area contributed by atoms with Crippen molar-refractivity contribution in [2.45, 2.75) is 31.0 Å². The monoisotopic (exact) mass is 503 g/mol. The first-order valence-corrected chi connectivity index (χ1v) is 11.4. The van der Waals surface area contributed by atoms with Crippen molar-refractivity contribution in [3.63, 3.8) is 0 Å². The van der Waals surface area contributed by atoms with Crippen molar-refractivity contribution < 1.29 is 45.0 Å². The molecule has 0 radical (unpaired) electrons. The number of nitrogens with one attached hydrogen (secondary N) is 1. The van der Waals surface area contributed by atoms with Gasteiger partial charge in [-0.3, -0.25) is 14.4 Å². The van der Waals surface area contributed by atoms with Gasteiger partial charge in [0.25, 0.3) is 5.91 Å². The summed E-state index contributed by atoms with van der Waals surface area (Å²) in [4.78, 5) is 39.5. The number of fused-ring (bicyclic) bond motifs is 3. The number of rotatable bonds is 6. The van der Waals surface area contributed by atoms with Crippen molar-refractivity contribution in [2.24, 2.45) is 17.6 Å². The van der Waals surface area contributed by atoms with E-state index in [1.54, 1.807) is 25.1 Å². The Bertz CT molecular complexity index is 1240. The molecule has 9 N–H and O–H groups in total. The first-order chi connectivity index (χ1) is 16.8. The first kappa shape index (κ1) is 25.5. The highest BCUT2D eigenvalue weighted by Gasteiger charge is 2.60. The van der Waals surface area contributed by atoms with Crippen LogP contribution in [-0.4, -0.2) is 87.1 Å². The number of ketones is 2. The second-order valence-corrected chi connectivity index (χ2v) is 9.66. The highest BCUT2D eigenvalue weighted by atomic mass is 16.3. The fourth-order valence-electron chi connectivity index (χ4n) is 5.50. The van der Waals surface area contributed by atoms with Gasteiger partial charge in [-0.1, -0.05) is 0 Å². The largest absolute Gasteiger partial charge is 0.508 e. The van der Waals surface area contributed by atoms with Crippen LogP contribution in [0.4, 0.5) is 11.4 Å². The molecule has 3 aliphatic carbocycles. The van der Waals surface area contributed by atoms with Gasteiger partial charge in [0.1, 0.15) is 22.8 Å². The van der Waals surface area contributed by atoms with Gasteiger partial charge in [-0.15, -0.1) is 0 Å². The number of primary amides is 1.